The Morgan fingerprint density at radius 3 is 2.27 bits per heavy atom. The van der Waals surface area contributed by atoms with E-state index in [1.807, 2.05) is 31.2 Å². The van der Waals surface area contributed by atoms with Gasteiger partial charge in [0.25, 0.3) is 0 Å². The van der Waals surface area contributed by atoms with Crippen molar-refractivity contribution < 1.29 is 9.47 Å². The van der Waals surface area contributed by atoms with Crippen molar-refractivity contribution in [2.45, 2.75) is 58.2 Å². The molecule has 0 aliphatic heterocycles. The molecule has 160 valence electrons. The lowest BCUT2D eigenvalue weighted by Gasteiger charge is -2.54. The fourth-order valence-corrected chi connectivity index (χ4v) is 6.64. The summed E-state index contributed by atoms with van der Waals surface area (Å²) in [4.78, 5) is 0. The SMILES string of the molecule is CCOc1cc(CNC2C3CC4CC(C3)CC2C4)cc(Cl)c1OCc1ccccc1. The number of hydrogen-bond acceptors (Lipinski definition) is 3. The van der Waals surface area contributed by atoms with Gasteiger partial charge in [-0.3, -0.25) is 0 Å². The molecule has 0 unspecified atom stereocenters. The van der Waals surface area contributed by atoms with Gasteiger partial charge in [0.05, 0.1) is 11.6 Å². The van der Waals surface area contributed by atoms with Gasteiger partial charge in [0.15, 0.2) is 11.5 Å². The summed E-state index contributed by atoms with van der Waals surface area (Å²) in [6.07, 6.45) is 7.23. The van der Waals surface area contributed by atoms with Crippen LogP contribution >= 0.6 is 11.6 Å². The number of benzene rings is 2. The minimum atomic E-state index is 0.478. The van der Waals surface area contributed by atoms with E-state index >= 15 is 0 Å². The predicted molar refractivity (Wildman–Crippen MR) is 121 cm³/mol. The van der Waals surface area contributed by atoms with Crippen molar-refractivity contribution in [3.8, 4) is 11.5 Å². The van der Waals surface area contributed by atoms with Gasteiger partial charge in [-0.15, -0.1) is 0 Å². The molecule has 4 aliphatic carbocycles. The van der Waals surface area contributed by atoms with Gasteiger partial charge < -0.3 is 14.8 Å². The zero-order valence-corrected chi connectivity index (χ0v) is 18.5. The summed E-state index contributed by atoms with van der Waals surface area (Å²) < 4.78 is 12.0. The van der Waals surface area contributed by atoms with Crippen molar-refractivity contribution in [2.75, 3.05) is 6.61 Å². The third kappa shape index (κ3) is 4.20. The fraction of sp³-hybridized carbons (Fsp3) is 0.538. The molecule has 3 nitrogen and oxygen atoms in total. The molecule has 4 heteroatoms. The van der Waals surface area contributed by atoms with Crippen molar-refractivity contribution in [3.05, 3.63) is 58.6 Å². The van der Waals surface area contributed by atoms with E-state index in [9.17, 15) is 0 Å². The van der Waals surface area contributed by atoms with Crippen LogP contribution in [0.2, 0.25) is 5.02 Å². The largest absolute Gasteiger partial charge is 0.490 e. The van der Waals surface area contributed by atoms with Gasteiger partial charge in [0.1, 0.15) is 6.61 Å². The van der Waals surface area contributed by atoms with Gasteiger partial charge in [-0.05, 0) is 86.0 Å². The molecule has 0 aromatic heterocycles. The normalized spacial score (nSPS) is 29.2. The maximum atomic E-state index is 6.65. The molecule has 4 fully saturated rings. The molecule has 4 aliphatic rings. The van der Waals surface area contributed by atoms with Crippen LogP contribution in [0.4, 0.5) is 0 Å². The monoisotopic (exact) mass is 425 g/mol. The molecule has 6 rings (SSSR count). The Hall–Kier alpha value is -1.71. The summed E-state index contributed by atoms with van der Waals surface area (Å²) in [5.74, 6) is 5.13. The molecule has 0 saturated heterocycles. The van der Waals surface area contributed by atoms with E-state index in [0.29, 0.717) is 30.0 Å². The van der Waals surface area contributed by atoms with Crippen molar-refractivity contribution in [1.82, 2.24) is 5.32 Å². The molecule has 30 heavy (non-hydrogen) atoms. The van der Waals surface area contributed by atoms with Gasteiger partial charge in [-0.25, -0.2) is 0 Å². The quantitative estimate of drug-likeness (QED) is 0.543. The molecule has 2 aromatic rings. The van der Waals surface area contributed by atoms with E-state index in [1.54, 1.807) is 0 Å². The van der Waals surface area contributed by atoms with Crippen molar-refractivity contribution in [2.24, 2.45) is 23.7 Å². The minimum absolute atomic E-state index is 0.478. The summed E-state index contributed by atoms with van der Waals surface area (Å²) in [7, 11) is 0. The van der Waals surface area contributed by atoms with Crippen molar-refractivity contribution in [1.29, 1.82) is 0 Å². The Balaban J connectivity index is 1.27. The third-order valence-electron chi connectivity index (χ3n) is 7.36. The smallest absolute Gasteiger partial charge is 0.180 e. The number of ether oxygens (including phenoxy) is 2. The summed E-state index contributed by atoms with van der Waals surface area (Å²) in [5, 5.41) is 4.52. The highest BCUT2D eigenvalue weighted by molar-refractivity contribution is 6.32. The second-order valence-corrected chi connectivity index (χ2v) is 9.86. The maximum absolute atomic E-state index is 6.65. The first-order valence-corrected chi connectivity index (χ1v) is 11.9. The van der Waals surface area contributed by atoms with Crippen LogP contribution in [-0.4, -0.2) is 12.6 Å². The molecule has 0 spiro atoms. The lowest BCUT2D eigenvalue weighted by Crippen LogP contribution is -2.54. The van der Waals surface area contributed by atoms with Gasteiger partial charge in [-0.1, -0.05) is 41.9 Å². The summed E-state index contributed by atoms with van der Waals surface area (Å²) in [6, 6.07) is 14.9. The second kappa shape index (κ2) is 8.80. The molecule has 2 aromatic carbocycles. The van der Waals surface area contributed by atoms with E-state index in [2.05, 4.69) is 23.5 Å². The van der Waals surface area contributed by atoms with Crippen LogP contribution in [0.15, 0.2) is 42.5 Å². The zero-order valence-electron chi connectivity index (χ0n) is 17.8. The standard InChI is InChI=1S/C26H32ClNO2/c1-2-29-24-14-20(13-23(27)26(24)30-16-17-6-4-3-5-7-17)15-28-25-21-9-18-8-19(11-21)12-22(25)10-18/h3-7,13-14,18-19,21-22,25,28H,2,8-12,15-16H2,1H3. The summed E-state index contributed by atoms with van der Waals surface area (Å²) >= 11 is 6.65. The first-order chi connectivity index (χ1) is 14.7. The third-order valence-corrected chi connectivity index (χ3v) is 7.64. The van der Waals surface area contributed by atoms with Crippen LogP contribution in [0.1, 0.15) is 50.2 Å². The minimum Gasteiger partial charge on any atom is -0.490 e. The predicted octanol–water partition coefficient (Wildman–Crippen LogP) is 6.23. The topological polar surface area (TPSA) is 30.5 Å². The highest BCUT2D eigenvalue weighted by Crippen LogP contribution is 2.53. The van der Waals surface area contributed by atoms with E-state index in [-0.39, 0.29) is 0 Å². The molecule has 0 amide bonds. The lowest BCUT2D eigenvalue weighted by molar-refractivity contribution is -0.0142. The molecule has 0 radical (unpaired) electrons. The first-order valence-electron chi connectivity index (χ1n) is 11.5. The summed E-state index contributed by atoms with van der Waals surface area (Å²) in [5.41, 5.74) is 2.29. The van der Waals surface area contributed by atoms with Crippen LogP contribution in [0.5, 0.6) is 11.5 Å². The zero-order chi connectivity index (χ0) is 20.5. The van der Waals surface area contributed by atoms with Crippen LogP contribution in [0.25, 0.3) is 0 Å². The Labute approximate surface area is 185 Å². The van der Waals surface area contributed by atoms with Crippen molar-refractivity contribution in [3.63, 3.8) is 0 Å². The molecule has 4 saturated carbocycles. The van der Waals surface area contributed by atoms with E-state index < -0.39 is 0 Å². The molecular formula is C26H32ClNO2. The van der Waals surface area contributed by atoms with Crippen LogP contribution < -0.4 is 14.8 Å². The van der Waals surface area contributed by atoms with E-state index in [4.69, 9.17) is 21.1 Å². The summed E-state index contributed by atoms with van der Waals surface area (Å²) in [6.45, 7) is 3.90. The lowest BCUT2D eigenvalue weighted by atomic mass is 9.54. The van der Waals surface area contributed by atoms with E-state index in [1.165, 1.54) is 37.7 Å². The number of nitrogens with one attached hydrogen (secondary N) is 1. The average molecular weight is 426 g/mol. The van der Waals surface area contributed by atoms with Crippen LogP contribution in [0.3, 0.4) is 0 Å². The molecule has 4 bridgehead atoms. The molecule has 1 N–H and O–H groups in total. The highest BCUT2D eigenvalue weighted by Gasteiger charge is 2.47. The van der Waals surface area contributed by atoms with Gasteiger partial charge in [0, 0.05) is 12.6 Å². The number of rotatable bonds is 8. The van der Waals surface area contributed by atoms with Crippen LogP contribution in [0, 0.1) is 23.7 Å². The maximum Gasteiger partial charge on any atom is 0.180 e. The van der Waals surface area contributed by atoms with Gasteiger partial charge in [0.2, 0.25) is 0 Å². The van der Waals surface area contributed by atoms with E-state index in [0.717, 1.165) is 41.5 Å². The van der Waals surface area contributed by atoms with Crippen LogP contribution in [-0.2, 0) is 13.2 Å². The fourth-order valence-electron chi connectivity index (χ4n) is 6.35. The second-order valence-electron chi connectivity index (χ2n) is 9.45. The Morgan fingerprint density at radius 2 is 1.60 bits per heavy atom. The van der Waals surface area contributed by atoms with Crippen molar-refractivity contribution >= 4 is 11.6 Å². The molecular weight excluding hydrogens is 394 g/mol. The first kappa shape index (κ1) is 20.2. The number of hydrogen-bond donors (Lipinski definition) is 1. The molecule has 0 atom stereocenters. The Kier molecular flexibility index (Phi) is 5.93. The molecule has 0 heterocycles. The highest BCUT2D eigenvalue weighted by atomic mass is 35.5. The Bertz CT molecular complexity index is 841. The average Bonchev–Trinajstić information content (AvgIpc) is 2.73. The number of halogens is 1. The van der Waals surface area contributed by atoms with Gasteiger partial charge in [-0.2, -0.15) is 0 Å². The van der Waals surface area contributed by atoms with Gasteiger partial charge >= 0.3 is 0 Å². The Morgan fingerprint density at radius 1 is 0.900 bits per heavy atom.